The maximum Gasteiger partial charge on any atom is 0.330 e. The molecule has 7 heteroatoms. The van der Waals surface area contributed by atoms with E-state index in [4.69, 9.17) is 4.74 Å². The molecule has 1 aliphatic rings. The Hall–Kier alpha value is -3.09. The molecule has 0 bridgehead atoms. The number of amides is 1. The third-order valence-electron chi connectivity index (χ3n) is 4.91. The van der Waals surface area contributed by atoms with Crippen molar-refractivity contribution in [3.8, 4) is 5.75 Å². The predicted molar refractivity (Wildman–Crippen MR) is 106 cm³/mol. The highest BCUT2D eigenvalue weighted by Gasteiger charge is 2.23. The second-order valence-corrected chi connectivity index (χ2v) is 6.82. The largest absolute Gasteiger partial charge is 0.497 e. The third-order valence-corrected chi connectivity index (χ3v) is 4.91. The Bertz CT molecular complexity index is 797. The van der Waals surface area contributed by atoms with Crippen LogP contribution < -0.4 is 15.0 Å². The van der Waals surface area contributed by atoms with Gasteiger partial charge in [-0.05, 0) is 42.7 Å². The third kappa shape index (κ3) is 4.79. The quantitative estimate of drug-likeness (QED) is 0.797. The van der Waals surface area contributed by atoms with E-state index in [1.54, 1.807) is 30.3 Å². The molecular formula is C21H25N3O4. The van der Waals surface area contributed by atoms with Crippen LogP contribution in [-0.2, 0) is 4.79 Å². The van der Waals surface area contributed by atoms with Crippen molar-refractivity contribution < 1.29 is 19.4 Å². The van der Waals surface area contributed by atoms with Crippen LogP contribution in [0.2, 0.25) is 0 Å². The maximum absolute atomic E-state index is 12.5. The summed E-state index contributed by atoms with van der Waals surface area (Å²) in [4.78, 5) is 30.8. The first-order chi connectivity index (χ1) is 13.6. The molecule has 0 radical (unpaired) electrons. The normalized spacial score (nSPS) is 15.4. The van der Waals surface area contributed by atoms with E-state index in [0.29, 0.717) is 16.9 Å². The lowest BCUT2D eigenvalue weighted by Crippen LogP contribution is -2.34. The van der Waals surface area contributed by atoms with Crippen molar-refractivity contribution >= 4 is 17.7 Å². The number of carboxylic acids is 1. The second kappa shape index (κ2) is 9.21. The van der Waals surface area contributed by atoms with Gasteiger partial charge in [-0.1, -0.05) is 25.0 Å². The highest BCUT2D eigenvalue weighted by atomic mass is 16.5. The van der Waals surface area contributed by atoms with E-state index in [9.17, 15) is 14.7 Å². The number of methoxy groups -OCH3 is 1. The lowest BCUT2D eigenvalue weighted by molar-refractivity contribution is -0.139. The van der Waals surface area contributed by atoms with Crippen molar-refractivity contribution in [1.29, 1.82) is 0 Å². The molecule has 1 aromatic carbocycles. The zero-order valence-electron chi connectivity index (χ0n) is 15.9. The number of ether oxygens (including phenoxy) is 1. The minimum Gasteiger partial charge on any atom is -0.497 e. The van der Waals surface area contributed by atoms with Crippen LogP contribution >= 0.6 is 0 Å². The SMILES string of the molecule is COc1ccc(C(NC(=O)c2ccc(N3CCCCCC3)nc2)C(=O)O)cc1. The van der Waals surface area contributed by atoms with Crippen LogP contribution in [0.5, 0.6) is 5.75 Å². The fourth-order valence-electron chi connectivity index (χ4n) is 3.31. The first kappa shape index (κ1) is 19.7. The van der Waals surface area contributed by atoms with E-state index in [1.165, 1.54) is 26.1 Å². The van der Waals surface area contributed by atoms with E-state index in [-0.39, 0.29) is 0 Å². The van der Waals surface area contributed by atoms with Crippen LogP contribution in [0, 0.1) is 0 Å². The van der Waals surface area contributed by atoms with Crippen molar-refractivity contribution in [3.05, 3.63) is 53.7 Å². The highest BCUT2D eigenvalue weighted by molar-refractivity contribution is 5.96. The smallest absolute Gasteiger partial charge is 0.330 e. The number of hydrogen-bond donors (Lipinski definition) is 2. The Kier molecular flexibility index (Phi) is 6.47. The number of carbonyl (C=O) groups excluding carboxylic acids is 1. The summed E-state index contributed by atoms with van der Waals surface area (Å²) in [6.07, 6.45) is 6.26. The highest BCUT2D eigenvalue weighted by Crippen LogP contribution is 2.20. The number of hydrogen-bond acceptors (Lipinski definition) is 5. The summed E-state index contributed by atoms with van der Waals surface area (Å²) in [7, 11) is 1.54. The molecule has 28 heavy (non-hydrogen) atoms. The topological polar surface area (TPSA) is 91.8 Å². The molecule has 1 amide bonds. The number of benzene rings is 1. The number of aliphatic carboxylic acids is 1. The molecule has 0 spiro atoms. The van der Waals surface area contributed by atoms with Crippen LogP contribution in [0.1, 0.15) is 47.6 Å². The Balaban J connectivity index is 1.70. The van der Waals surface area contributed by atoms with Crippen LogP contribution in [0.25, 0.3) is 0 Å². The van der Waals surface area contributed by atoms with Crippen LogP contribution in [-0.4, -0.2) is 42.2 Å². The Morgan fingerprint density at radius 3 is 2.29 bits per heavy atom. The molecule has 2 aromatic rings. The van der Waals surface area contributed by atoms with E-state index in [1.807, 2.05) is 6.07 Å². The minimum absolute atomic E-state index is 0.332. The Labute approximate surface area is 164 Å². The number of aromatic nitrogens is 1. The van der Waals surface area contributed by atoms with E-state index < -0.39 is 17.9 Å². The van der Waals surface area contributed by atoms with Gasteiger partial charge in [-0.25, -0.2) is 9.78 Å². The van der Waals surface area contributed by atoms with Crippen molar-refractivity contribution in [2.24, 2.45) is 0 Å². The second-order valence-electron chi connectivity index (χ2n) is 6.82. The number of anilines is 1. The average molecular weight is 383 g/mol. The molecule has 2 N–H and O–H groups in total. The fraction of sp³-hybridized carbons (Fsp3) is 0.381. The standard InChI is InChI=1S/C21H25N3O4/c1-28-17-9-6-15(7-10-17)19(21(26)27)23-20(25)16-8-11-18(22-14-16)24-12-4-2-3-5-13-24/h6-11,14,19H,2-5,12-13H2,1H3,(H,23,25)(H,26,27). The van der Waals surface area contributed by atoms with Gasteiger partial charge in [0.2, 0.25) is 0 Å². The van der Waals surface area contributed by atoms with Crippen LogP contribution in [0.15, 0.2) is 42.6 Å². The summed E-state index contributed by atoms with van der Waals surface area (Å²) in [5, 5.41) is 12.1. The van der Waals surface area contributed by atoms with Gasteiger partial charge in [-0.15, -0.1) is 0 Å². The van der Waals surface area contributed by atoms with Gasteiger partial charge in [0, 0.05) is 19.3 Å². The molecule has 1 atom stereocenters. The molecule has 1 fully saturated rings. The summed E-state index contributed by atoms with van der Waals surface area (Å²) >= 11 is 0. The Morgan fingerprint density at radius 2 is 1.75 bits per heavy atom. The van der Waals surface area contributed by atoms with Crippen LogP contribution in [0.3, 0.4) is 0 Å². The van der Waals surface area contributed by atoms with Gasteiger partial charge in [0.1, 0.15) is 11.6 Å². The van der Waals surface area contributed by atoms with Crippen LogP contribution in [0.4, 0.5) is 5.82 Å². The number of nitrogens with zero attached hydrogens (tertiary/aromatic N) is 2. The zero-order valence-corrected chi connectivity index (χ0v) is 15.9. The average Bonchev–Trinajstić information content (AvgIpc) is 3.01. The van der Waals surface area contributed by atoms with Crippen molar-refractivity contribution in [2.45, 2.75) is 31.7 Å². The molecule has 1 saturated heterocycles. The zero-order chi connectivity index (χ0) is 19.9. The van der Waals surface area contributed by atoms with Crippen molar-refractivity contribution in [2.75, 3.05) is 25.1 Å². The van der Waals surface area contributed by atoms with Gasteiger partial charge < -0.3 is 20.1 Å². The van der Waals surface area contributed by atoms with E-state index >= 15 is 0 Å². The molecule has 0 saturated carbocycles. The van der Waals surface area contributed by atoms with Crippen molar-refractivity contribution in [3.63, 3.8) is 0 Å². The minimum atomic E-state index is -1.15. The van der Waals surface area contributed by atoms with Gasteiger partial charge in [-0.3, -0.25) is 4.79 Å². The van der Waals surface area contributed by atoms with Crippen molar-refractivity contribution in [1.82, 2.24) is 10.3 Å². The molecule has 1 aliphatic heterocycles. The van der Waals surface area contributed by atoms with Gasteiger partial charge in [0.25, 0.3) is 5.91 Å². The van der Waals surface area contributed by atoms with Gasteiger partial charge in [0.15, 0.2) is 6.04 Å². The molecular weight excluding hydrogens is 358 g/mol. The van der Waals surface area contributed by atoms with Gasteiger partial charge >= 0.3 is 5.97 Å². The summed E-state index contributed by atoms with van der Waals surface area (Å²) in [6, 6.07) is 8.93. The number of carbonyl (C=O) groups is 2. The molecule has 148 valence electrons. The monoisotopic (exact) mass is 383 g/mol. The summed E-state index contributed by atoms with van der Waals surface area (Å²) in [6.45, 7) is 1.94. The molecule has 1 aromatic heterocycles. The molecule has 3 rings (SSSR count). The molecule has 0 aliphatic carbocycles. The molecule has 2 heterocycles. The number of nitrogens with one attached hydrogen (secondary N) is 1. The summed E-state index contributed by atoms with van der Waals surface area (Å²) < 4.78 is 5.08. The predicted octanol–water partition coefficient (Wildman–Crippen LogP) is 3.03. The summed E-state index contributed by atoms with van der Waals surface area (Å²) in [5.41, 5.74) is 0.800. The first-order valence-corrected chi connectivity index (χ1v) is 9.47. The molecule has 1 unspecified atom stereocenters. The number of rotatable bonds is 6. The van der Waals surface area contributed by atoms with Gasteiger partial charge in [-0.2, -0.15) is 0 Å². The lowest BCUT2D eigenvalue weighted by atomic mass is 10.1. The fourth-order valence-corrected chi connectivity index (χ4v) is 3.31. The lowest BCUT2D eigenvalue weighted by Gasteiger charge is -2.21. The maximum atomic E-state index is 12.5. The Morgan fingerprint density at radius 1 is 1.07 bits per heavy atom. The van der Waals surface area contributed by atoms with E-state index in [2.05, 4.69) is 15.2 Å². The number of carboxylic acid groups (broad SMARTS) is 1. The van der Waals surface area contributed by atoms with Gasteiger partial charge in [0.05, 0.1) is 12.7 Å². The van der Waals surface area contributed by atoms with E-state index in [0.717, 1.165) is 31.7 Å². The molecule has 7 nitrogen and oxygen atoms in total. The number of pyridine rings is 1. The first-order valence-electron chi connectivity index (χ1n) is 9.47. The summed E-state index contributed by atoms with van der Waals surface area (Å²) in [5.74, 6) is -0.137.